The number of aliphatic hydroxyl groups is 4. The van der Waals surface area contributed by atoms with Crippen molar-refractivity contribution in [3.8, 4) is 0 Å². The zero-order valence-corrected chi connectivity index (χ0v) is 14.4. The molecule has 0 aliphatic rings. The van der Waals surface area contributed by atoms with Crippen molar-refractivity contribution >= 4 is 17.7 Å². The van der Waals surface area contributed by atoms with Crippen LogP contribution in [0.2, 0.25) is 0 Å². The van der Waals surface area contributed by atoms with Gasteiger partial charge in [0.05, 0.1) is 32.8 Å². The molecule has 1 atom stereocenters. The number of nitrogens with one attached hydrogen (secondary N) is 3. The van der Waals surface area contributed by atoms with E-state index in [2.05, 4.69) is 15.3 Å². The van der Waals surface area contributed by atoms with Crippen LogP contribution in [0.25, 0.3) is 0 Å². The number of hydrogen-bond donors (Lipinski definition) is 9. The average molecular weight is 388 g/mol. The van der Waals surface area contributed by atoms with E-state index in [9.17, 15) is 24.6 Å². The van der Waals surface area contributed by atoms with Crippen LogP contribution in [0.5, 0.6) is 0 Å². The van der Waals surface area contributed by atoms with Gasteiger partial charge in [-0.15, -0.1) is 0 Å². The predicted octanol–water partition coefficient (Wildman–Crippen LogP) is -5.56. The van der Waals surface area contributed by atoms with Crippen molar-refractivity contribution in [1.29, 1.82) is 0 Å². The molecule has 1 heterocycles. The third-order valence-corrected chi connectivity index (χ3v) is 3.97. The maximum Gasteiger partial charge on any atom is 0.251 e. The number of carbonyl (C=O) groups excluding carboxylic acids is 3. The molecule has 0 spiro atoms. The number of primary amides is 1. The topological polar surface area (TPSA) is 237 Å². The summed E-state index contributed by atoms with van der Waals surface area (Å²) in [5.74, 6) is -3.23. The Morgan fingerprint density at radius 3 is 2.11 bits per heavy atom. The van der Waals surface area contributed by atoms with Crippen LogP contribution in [0.1, 0.15) is 5.69 Å². The molecule has 0 saturated carbocycles. The molecule has 27 heavy (non-hydrogen) atoms. The van der Waals surface area contributed by atoms with E-state index in [0.29, 0.717) is 5.69 Å². The van der Waals surface area contributed by atoms with Crippen LogP contribution in [-0.4, -0.2) is 91.7 Å². The molecule has 11 N–H and O–H groups in total. The first-order valence-corrected chi connectivity index (χ1v) is 7.80. The Balaban J connectivity index is 3.01. The van der Waals surface area contributed by atoms with Crippen LogP contribution < -0.4 is 22.1 Å². The van der Waals surface area contributed by atoms with Gasteiger partial charge in [-0.3, -0.25) is 14.4 Å². The minimum Gasteiger partial charge on any atom is -0.394 e. The van der Waals surface area contributed by atoms with E-state index < -0.39 is 61.3 Å². The van der Waals surface area contributed by atoms with Crippen molar-refractivity contribution in [3.63, 3.8) is 0 Å². The van der Waals surface area contributed by atoms with Crippen LogP contribution in [0.15, 0.2) is 12.5 Å². The minimum atomic E-state index is -2.28. The number of nitrogens with zero attached hydrogens (tertiary/aromatic N) is 1. The van der Waals surface area contributed by atoms with E-state index in [4.69, 9.17) is 21.7 Å². The maximum absolute atomic E-state index is 12.6. The van der Waals surface area contributed by atoms with Gasteiger partial charge in [-0.25, -0.2) is 4.98 Å². The molecule has 3 amide bonds. The number of imidazole rings is 1. The SMILES string of the molecule is NC(=O)[C@H](Cc1cnc[nH]1)NC(=O)C(CO)(CO)NC(=O)C(N)(CO)CO. The third kappa shape index (κ3) is 5.21. The Kier molecular flexibility index (Phi) is 7.81. The smallest absolute Gasteiger partial charge is 0.251 e. The van der Waals surface area contributed by atoms with E-state index in [1.54, 1.807) is 0 Å². The number of H-pyrrole nitrogens is 1. The average Bonchev–Trinajstić information content (AvgIpc) is 3.17. The summed E-state index contributed by atoms with van der Waals surface area (Å²) in [7, 11) is 0. The van der Waals surface area contributed by atoms with Gasteiger partial charge in [0.1, 0.15) is 11.6 Å². The second-order valence-electron chi connectivity index (χ2n) is 6.03. The quantitative estimate of drug-likeness (QED) is 0.175. The Bertz CT molecular complexity index is 642. The largest absolute Gasteiger partial charge is 0.394 e. The van der Waals surface area contributed by atoms with Gasteiger partial charge in [0.15, 0.2) is 5.54 Å². The fourth-order valence-electron chi connectivity index (χ4n) is 2.00. The first kappa shape index (κ1) is 22.5. The summed E-state index contributed by atoms with van der Waals surface area (Å²) in [6.45, 7) is -4.06. The number of carbonyl (C=O) groups is 3. The molecule has 1 rings (SSSR count). The highest BCUT2D eigenvalue weighted by molar-refractivity contribution is 5.97. The molecule has 0 aromatic carbocycles. The third-order valence-electron chi connectivity index (χ3n) is 3.97. The molecule has 0 aliphatic carbocycles. The molecule has 0 fully saturated rings. The lowest BCUT2D eigenvalue weighted by Gasteiger charge is -2.34. The maximum atomic E-state index is 12.6. The molecule has 0 aliphatic heterocycles. The molecule has 0 unspecified atom stereocenters. The van der Waals surface area contributed by atoms with Crippen LogP contribution in [-0.2, 0) is 20.8 Å². The fraction of sp³-hybridized carbons (Fsp3) is 0.571. The second-order valence-corrected chi connectivity index (χ2v) is 6.03. The lowest BCUT2D eigenvalue weighted by Crippen LogP contribution is -2.71. The van der Waals surface area contributed by atoms with Crippen molar-refractivity contribution in [2.45, 2.75) is 23.5 Å². The Morgan fingerprint density at radius 2 is 1.70 bits per heavy atom. The van der Waals surface area contributed by atoms with Gasteiger partial charge in [-0.2, -0.15) is 0 Å². The second kappa shape index (κ2) is 9.38. The first-order chi connectivity index (χ1) is 12.7. The van der Waals surface area contributed by atoms with Gasteiger partial charge in [0.25, 0.3) is 5.91 Å². The predicted molar refractivity (Wildman–Crippen MR) is 89.6 cm³/mol. The van der Waals surface area contributed by atoms with Crippen LogP contribution >= 0.6 is 0 Å². The standard InChI is InChI=1S/C14H24N6O7/c15-10(25)9(1-8-2-17-7-18-8)19-12(27)14(5-23,6-24)20-11(26)13(16,3-21)4-22/h2,7,9,21-24H,1,3-6,16H2,(H2,15,25)(H,17,18)(H,19,27)(H,20,26)/t9-/m0/s1. The molecule has 0 radical (unpaired) electrons. The molecule has 1 aromatic rings. The lowest BCUT2D eigenvalue weighted by atomic mass is 9.95. The van der Waals surface area contributed by atoms with E-state index in [1.165, 1.54) is 12.5 Å². The lowest BCUT2D eigenvalue weighted by molar-refractivity contribution is -0.142. The minimum absolute atomic E-state index is 0.0595. The highest BCUT2D eigenvalue weighted by Crippen LogP contribution is 2.09. The molecular weight excluding hydrogens is 364 g/mol. The van der Waals surface area contributed by atoms with Crippen molar-refractivity contribution in [2.24, 2.45) is 11.5 Å². The van der Waals surface area contributed by atoms with Crippen molar-refractivity contribution in [2.75, 3.05) is 26.4 Å². The Hall–Kier alpha value is -2.58. The van der Waals surface area contributed by atoms with Gasteiger partial charge in [-0.05, 0) is 0 Å². The van der Waals surface area contributed by atoms with E-state index in [-0.39, 0.29) is 6.42 Å². The summed E-state index contributed by atoms with van der Waals surface area (Å²) in [6.07, 6.45) is 2.70. The Morgan fingerprint density at radius 1 is 1.11 bits per heavy atom. The number of aromatic nitrogens is 2. The van der Waals surface area contributed by atoms with Crippen molar-refractivity contribution < 1.29 is 34.8 Å². The molecule has 0 bridgehead atoms. The van der Waals surface area contributed by atoms with Crippen molar-refractivity contribution in [1.82, 2.24) is 20.6 Å². The highest BCUT2D eigenvalue weighted by Gasteiger charge is 2.45. The molecule has 1 aromatic heterocycles. The summed E-state index contributed by atoms with van der Waals surface area (Å²) < 4.78 is 0. The number of hydrogen-bond acceptors (Lipinski definition) is 9. The van der Waals surface area contributed by atoms with Gasteiger partial charge >= 0.3 is 0 Å². The molecule has 152 valence electrons. The van der Waals surface area contributed by atoms with Gasteiger partial charge in [0.2, 0.25) is 11.8 Å². The number of nitrogens with two attached hydrogens (primary N) is 2. The number of rotatable bonds is 11. The zero-order valence-electron chi connectivity index (χ0n) is 14.4. The monoisotopic (exact) mass is 388 g/mol. The van der Waals surface area contributed by atoms with E-state index in [0.717, 1.165) is 0 Å². The van der Waals surface area contributed by atoms with Gasteiger partial charge < -0.3 is 47.5 Å². The molecule has 13 heteroatoms. The normalized spacial score (nSPS) is 13.1. The zero-order chi connectivity index (χ0) is 20.7. The van der Waals surface area contributed by atoms with Gasteiger partial charge in [0, 0.05) is 18.3 Å². The molecule has 0 saturated heterocycles. The number of amides is 3. The Labute approximate surface area is 153 Å². The number of aromatic amines is 1. The van der Waals surface area contributed by atoms with Crippen LogP contribution in [0.4, 0.5) is 0 Å². The van der Waals surface area contributed by atoms with Crippen LogP contribution in [0.3, 0.4) is 0 Å². The summed E-state index contributed by atoms with van der Waals surface area (Å²) in [5, 5.41) is 41.7. The summed E-state index contributed by atoms with van der Waals surface area (Å²) in [6, 6.07) is -1.24. The van der Waals surface area contributed by atoms with E-state index in [1.807, 2.05) is 5.32 Å². The van der Waals surface area contributed by atoms with Gasteiger partial charge in [-0.1, -0.05) is 0 Å². The van der Waals surface area contributed by atoms with Crippen molar-refractivity contribution in [3.05, 3.63) is 18.2 Å². The summed E-state index contributed by atoms with van der Waals surface area (Å²) in [5.41, 5.74) is 6.79. The molecule has 13 nitrogen and oxygen atoms in total. The van der Waals surface area contributed by atoms with E-state index >= 15 is 0 Å². The number of aliphatic hydroxyl groups excluding tert-OH is 4. The highest BCUT2D eigenvalue weighted by atomic mass is 16.3. The fourth-order valence-corrected chi connectivity index (χ4v) is 2.00. The first-order valence-electron chi connectivity index (χ1n) is 7.80. The summed E-state index contributed by atoms with van der Waals surface area (Å²) in [4.78, 5) is 42.8. The summed E-state index contributed by atoms with van der Waals surface area (Å²) >= 11 is 0. The molecular formula is C14H24N6O7. The van der Waals surface area contributed by atoms with Crippen LogP contribution in [0, 0.1) is 0 Å².